The molecule has 0 bridgehead atoms. The van der Waals surface area contributed by atoms with E-state index in [9.17, 15) is 8.42 Å². The van der Waals surface area contributed by atoms with Crippen molar-refractivity contribution in [3.05, 3.63) is 59.4 Å². The summed E-state index contributed by atoms with van der Waals surface area (Å²) in [7, 11) is -3.63. The average Bonchev–Trinajstić information content (AvgIpc) is 2.90. The largest absolute Gasteiger partial charge is 0.311 e. The molecule has 0 amide bonds. The maximum absolute atomic E-state index is 12.7. The van der Waals surface area contributed by atoms with Crippen molar-refractivity contribution in [2.75, 3.05) is 4.72 Å². The number of sulfonamides is 1. The lowest BCUT2D eigenvalue weighted by Gasteiger charge is -2.12. The standard InChI is InChI=1S/C21H24N4O2S/c1-15-7-12-19(16(2)14-15)28(26,27)24-18-10-8-17(9-11-18)21-23-22-20-6-4-3-5-13-25(20)21/h7-12,14,24H,3-6,13H2,1-2H3. The molecule has 0 aliphatic carbocycles. The SMILES string of the molecule is Cc1ccc(S(=O)(=O)Nc2ccc(-c3nnc4n3CCCCC4)cc2)c(C)c1. The lowest BCUT2D eigenvalue weighted by molar-refractivity contribution is 0.600. The molecular weight excluding hydrogens is 372 g/mol. The molecule has 3 aromatic rings. The Kier molecular flexibility index (Phi) is 4.93. The lowest BCUT2D eigenvalue weighted by atomic mass is 10.2. The second kappa shape index (κ2) is 7.39. The lowest BCUT2D eigenvalue weighted by Crippen LogP contribution is -2.14. The van der Waals surface area contributed by atoms with Gasteiger partial charge in [0.2, 0.25) is 0 Å². The number of rotatable bonds is 4. The van der Waals surface area contributed by atoms with Crippen molar-refractivity contribution < 1.29 is 8.42 Å². The van der Waals surface area contributed by atoms with Crippen molar-refractivity contribution in [2.24, 2.45) is 0 Å². The van der Waals surface area contributed by atoms with E-state index in [1.807, 2.05) is 38.1 Å². The minimum absolute atomic E-state index is 0.296. The molecule has 0 atom stereocenters. The van der Waals surface area contributed by atoms with Gasteiger partial charge in [0.15, 0.2) is 5.82 Å². The van der Waals surface area contributed by atoms with Gasteiger partial charge in [0.25, 0.3) is 10.0 Å². The third kappa shape index (κ3) is 3.67. The maximum atomic E-state index is 12.7. The highest BCUT2D eigenvalue weighted by Gasteiger charge is 2.18. The van der Waals surface area contributed by atoms with Gasteiger partial charge in [-0.15, -0.1) is 10.2 Å². The van der Waals surface area contributed by atoms with Crippen molar-refractivity contribution in [1.29, 1.82) is 0 Å². The average molecular weight is 397 g/mol. The number of aromatic nitrogens is 3. The smallest absolute Gasteiger partial charge is 0.262 e. The number of benzene rings is 2. The predicted molar refractivity (Wildman–Crippen MR) is 110 cm³/mol. The molecule has 1 aliphatic heterocycles. The second-order valence-electron chi connectivity index (χ2n) is 7.35. The van der Waals surface area contributed by atoms with E-state index in [0.29, 0.717) is 10.6 Å². The van der Waals surface area contributed by atoms with Crippen molar-refractivity contribution in [1.82, 2.24) is 14.8 Å². The molecule has 0 unspecified atom stereocenters. The van der Waals surface area contributed by atoms with Crippen LogP contribution in [0.25, 0.3) is 11.4 Å². The van der Waals surface area contributed by atoms with Crippen LogP contribution in [0, 0.1) is 13.8 Å². The van der Waals surface area contributed by atoms with Gasteiger partial charge in [-0.1, -0.05) is 24.1 Å². The van der Waals surface area contributed by atoms with Crippen LogP contribution in [0.4, 0.5) is 5.69 Å². The highest BCUT2D eigenvalue weighted by Crippen LogP contribution is 2.25. The Morgan fingerprint density at radius 3 is 2.50 bits per heavy atom. The minimum atomic E-state index is -3.63. The van der Waals surface area contributed by atoms with Crippen molar-refractivity contribution in [2.45, 2.75) is 51.0 Å². The Morgan fingerprint density at radius 2 is 1.75 bits per heavy atom. The normalized spacial score (nSPS) is 14.4. The zero-order valence-electron chi connectivity index (χ0n) is 16.1. The summed E-state index contributed by atoms with van der Waals surface area (Å²) in [5.74, 6) is 1.88. The Hall–Kier alpha value is -2.67. The molecule has 0 spiro atoms. The van der Waals surface area contributed by atoms with Crippen LogP contribution in [0.15, 0.2) is 47.4 Å². The number of hydrogen-bond acceptors (Lipinski definition) is 4. The van der Waals surface area contributed by atoms with Gasteiger partial charge < -0.3 is 4.57 Å². The van der Waals surface area contributed by atoms with Crippen molar-refractivity contribution in [3.63, 3.8) is 0 Å². The summed E-state index contributed by atoms with van der Waals surface area (Å²) in [6.45, 7) is 4.68. The van der Waals surface area contributed by atoms with Crippen molar-refractivity contribution in [3.8, 4) is 11.4 Å². The molecule has 4 rings (SSSR count). The van der Waals surface area contributed by atoms with E-state index in [1.54, 1.807) is 18.2 Å². The molecule has 146 valence electrons. The monoisotopic (exact) mass is 396 g/mol. The molecule has 7 heteroatoms. The first-order chi connectivity index (χ1) is 13.4. The van der Waals surface area contributed by atoms with E-state index in [-0.39, 0.29) is 0 Å². The fraction of sp³-hybridized carbons (Fsp3) is 0.333. The Bertz CT molecular complexity index is 1100. The van der Waals surface area contributed by atoms with E-state index in [4.69, 9.17) is 0 Å². The second-order valence-corrected chi connectivity index (χ2v) is 9.00. The number of hydrogen-bond donors (Lipinski definition) is 1. The minimum Gasteiger partial charge on any atom is -0.311 e. The van der Waals surface area contributed by atoms with Gasteiger partial charge in [0.1, 0.15) is 5.82 Å². The number of aryl methyl sites for hydroxylation is 3. The van der Waals surface area contributed by atoms with Gasteiger partial charge >= 0.3 is 0 Å². The molecule has 1 aliphatic rings. The third-order valence-corrected chi connectivity index (χ3v) is 6.67. The summed E-state index contributed by atoms with van der Waals surface area (Å²) in [5, 5.41) is 8.69. The first-order valence-electron chi connectivity index (χ1n) is 9.57. The van der Waals surface area contributed by atoms with Crippen LogP contribution in [0.2, 0.25) is 0 Å². The van der Waals surface area contributed by atoms with Gasteiger partial charge in [-0.3, -0.25) is 4.72 Å². The molecule has 1 N–H and O–H groups in total. The van der Waals surface area contributed by atoms with Gasteiger partial charge in [-0.05, 0) is 62.6 Å². The molecular formula is C21H24N4O2S. The zero-order chi connectivity index (χ0) is 19.7. The van der Waals surface area contributed by atoms with Crippen LogP contribution >= 0.6 is 0 Å². The van der Waals surface area contributed by atoms with Crippen LogP contribution in [0.1, 0.15) is 36.2 Å². The van der Waals surface area contributed by atoms with Gasteiger partial charge in [-0.25, -0.2) is 8.42 Å². The molecule has 6 nitrogen and oxygen atoms in total. The summed E-state index contributed by atoms with van der Waals surface area (Å²) < 4.78 is 30.3. The summed E-state index contributed by atoms with van der Waals surface area (Å²) in [4.78, 5) is 0.296. The molecule has 0 saturated heterocycles. The van der Waals surface area contributed by atoms with E-state index >= 15 is 0 Å². The highest BCUT2D eigenvalue weighted by atomic mass is 32.2. The topological polar surface area (TPSA) is 76.9 Å². The summed E-state index contributed by atoms with van der Waals surface area (Å²) in [6.07, 6.45) is 4.45. The number of anilines is 1. The predicted octanol–water partition coefficient (Wildman–Crippen LogP) is 4.09. The van der Waals surface area contributed by atoms with Crippen LogP contribution in [0.3, 0.4) is 0 Å². The maximum Gasteiger partial charge on any atom is 0.262 e. The van der Waals surface area contributed by atoms with Gasteiger partial charge in [-0.2, -0.15) is 0 Å². The molecule has 28 heavy (non-hydrogen) atoms. The quantitative estimate of drug-likeness (QED) is 0.721. The Morgan fingerprint density at radius 1 is 0.964 bits per heavy atom. The van der Waals surface area contributed by atoms with Crippen LogP contribution in [0.5, 0.6) is 0 Å². The number of fused-ring (bicyclic) bond motifs is 1. The fourth-order valence-electron chi connectivity index (χ4n) is 3.70. The molecule has 2 aromatic carbocycles. The highest BCUT2D eigenvalue weighted by molar-refractivity contribution is 7.92. The van der Waals surface area contributed by atoms with Gasteiger partial charge in [0.05, 0.1) is 4.90 Å². The molecule has 1 aromatic heterocycles. The molecule has 0 saturated carbocycles. The molecule has 0 fully saturated rings. The van der Waals surface area contributed by atoms with Gasteiger partial charge in [0, 0.05) is 24.2 Å². The summed E-state index contributed by atoms with van der Waals surface area (Å²) in [5.41, 5.74) is 3.23. The van der Waals surface area contributed by atoms with E-state index in [1.165, 1.54) is 6.42 Å². The summed E-state index contributed by atoms with van der Waals surface area (Å²) >= 11 is 0. The van der Waals surface area contributed by atoms with E-state index < -0.39 is 10.0 Å². The van der Waals surface area contributed by atoms with Crippen LogP contribution < -0.4 is 4.72 Å². The zero-order valence-corrected chi connectivity index (χ0v) is 17.0. The number of nitrogens with one attached hydrogen (secondary N) is 1. The molecule has 2 heterocycles. The molecule has 0 radical (unpaired) electrons. The van der Waals surface area contributed by atoms with Crippen LogP contribution in [-0.4, -0.2) is 23.2 Å². The first kappa shape index (κ1) is 18.7. The summed E-state index contributed by atoms with van der Waals surface area (Å²) in [6, 6.07) is 12.6. The number of nitrogens with zero attached hydrogens (tertiary/aromatic N) is 3. The first-order valence-corrected chi connectivity index (χ1v) is 11.0. The van der Waals surface area contributed by atoms with E-state index in [0.717, 1.165) is 54.1 Å². The van der Waals surface area contributed by atoms with Crippen LogP contribution in [-0.2, 0) is 23.0 Å². The third-order valence-electron chi connectivity index (χ3n) is 5.12. The Balaban J connectivity index is 1.58. The Labute approximate surface area is 165 Å². The van der Waals surface area contributed by atoms with Crippen molar-refractivity contribution >= 4 is 15.7 Å². The fourth-order valence-corrected chi connectivity index (χ4v) is 4.98. The van der Waals surface area contributed by atoms with E-state index in [2.05, 4.69) is 19.5 Å².